The third-order valence-corrected chi connectivity index (χ3v) is 3.71. The summed E-state index contributed by atoms with van der Waals surface area (Å²) in [5.41, 5.74) is 0.992. The molecule has 2 rings (SSSR count). The lowest BCUT2D eigenvalue weighted by Gasteiger charge is -2.33. The second-order valence-electron chi connectivity index (χ2n) is 5.52. The number of carbonyl (C=O) groups is 2. The molecule has 21 heavy (non-hydrogen) atoms. The van der Waals surface area contributed by atoms with Crippen LogP contribution in [0.25, 0.3) is 0 Å². The van der Waals surface area contributed by atoms with E-state index in [4.69, 9.17) is 0 Å². The van der Waals surface area contributed by atoms with Crippen molar-refractivity contribution in [3.63, 3.8) is 0 Å². The highest BCUT2D eigenvalue weighted by molar-refractivity contribution is 5.79. The van der Waals surface area contributed by atoms with Gasteiger partial charge in [-0.1, -0.05) is 6.07 Å². The molecule has 1 aromatic heterocycles. The Labute approximate surface area is 125 Å². The number of carbonyl (C=O) groups excluding carboxylic acids is 2. The molecule has 6 nitrogen and oxygen atoms in total. The minimum Gasteiger partial charge on any atom is -0.352 e. The van der Waals surface area contributed by atoms with Gasteiger partial charge in [0, 0.05) is 52.0 Å². The first-order valence-electron chi connectivity index (χ1n) is 7.21. The van der Waals surface area contributed by atoms with Crippen LogP contribution in [0, 0.1) is 5.92 Å². The zero-order valence-electron chi connectivity index (χ0n) is 12.6. The Bertz CT molecular complexity index is 482. The van der Waals surface area contributed by atoms with Crippen molar-refractivity contribution in [2.45, 2.75) is 19.4 Å². The molecule has 0 saturated carbocycles. The van der Waals surface area contributed by atoms with Crippen LogP contribution in [0.3, 0.4) is 0 Å². The summed E-state index contributed by atoms with van der Waals surface area (Å²) >= 11 is 0. The number of nitrogens with zero attached hydrogens (tertiary/aromatic N) is 3. The maximum absolute atomic E-state index is 12.1. The fourth-order valence-corrected chi connectivity index (χ4v) is 2.45. The van der Waals surface area contributed by atoms with Crippen LogP contribution in [-0.4, -0.2) is 53.9 Å². The average Bonchev–Trinajstić information content (AvgIpc) is 2.53. The molecule has 114 valence electrons. The Morgan fingerprint density at radius 2 is 2.10 bits per heavy atom. The average molecular weight is 290 g/mol. The van der Waals surface area contributed by atoms with Gasteiger partial charge in [-0.25, -0.2) is 4.79 Å². The van der Waals surface area contributed by atoms with Crippen LogP contribution in [0.2, 0.25) is 0 Å². The van der Waals surface area contributed by atoms with Crippen molar-refractivity contribution in [3.05, 3.63) is 30.1 Å². The van der Waals surface area contributed by atoms with Crippen LogP contribution >= 0.6 is 0 Å². The Hall–Kier alpha value is -2.11. The molecule has 2 heterocycles. The van der Waals surface area contributed by atoms with Crippen molar-refractivity contribution >= 4 is 11.9 Å². The Morgan fingerprint density at radius 3 is 2.67 bits per heavy atom. The molecule has 0 aliphatic carbocycles. The number of likely N-dealkylation sites (tertiary alicyclic amines) is 1. The Balaban J connectivity index is 1.77. The van der Waals surface area contributed by atoms with Crippen LogP contribution in [0.5, 0.6) is 0 Å². The van der Waals surface area contributed by atoms with Crippen LogP contribution < -0.4 is 5.32 Å². The second kappa shape index (κ2) is 7.06. The van der Waals surface area contributed by atoms with Gasteiger partial charge < -0.3 is 15.1 Å². The van der Waals surface area contributed by atoms with Gasteiger partial charge in [0.1, 0.15) is 0 Å². The molecule has 0 atom stereocenters. The largest absolute Gasteiger partial charge is 0.352 e. The number of rotatable bonds is 3. The summed E-state index contributed by atoms with van der Waals surface area (Å²) in [6.07, 6.45) is 4.90. The van der Waals surface area contributed by atoms with Gasteiger partial charge in [0.25, 0.3) is 0 Å². The van der Waals surface area contributed by atoms with Gasteiger partial charge in [0.2, 0.25) is 5.91 Å². The SMILES string of the molecule is CN(C)C(=O)N1CCC(C(=O)NCc2cccnc2)CC1. The van der Waals surface area contributed by atoms with E-state index in [9.17, 15) is 9.59 Å². The molecule has 1 N–H and O–H groups in total. The topological polar surface area (TPSA) is 65.5 Å². The molecular formula is C15H22N4O2. The molecule has 0 aromatic carbocycles. The summed E-state index contributed by atoms with van der Waals surface area (Å²) in [6, 6.07) is 3.81. The summed E-state index contributed by atoms with van der Waals surface area (Å²) < 4.78 is 0. The van der Waals surface area contributed by atoms with Gasteiger partial charge in [-0.15, -0.1) is 0 Å². The third kappa shape index (κ3) is 4.18. The number of urea groups is 1. The number of hydrogen-bond acceptors (Lipinski definition) is 3. The predicted octanol–water partition coefficient (Wildman–Crippen LogP) is 1.09. The summed E-state index contributed by atoms with van der Waals surface area (Å²) in [7, 11) is 3.49. The minimum absolute atomic E-state index is 0.00659. The summed E-state index contributed by atoms with van der Waals surface area (Å²) in [4.78, 5) is 31.4. The molecule has 1 saturated heterocycles. The lowest BCUT2D eigenvalue weighted by atomic mass is 9.96. The highest BCUT2D eigenvalue weighted by atomic mass is 16.2. The first kappa shape index (κ1) is 15.3. The van der Waals surface area contributed by atoms with E-state index in [-0.39, 0.29) is 17.9 Å². The van der Waals surface area contributed by atoms with Gasteiger partial charge in [-0.05, 0) is 24.5 Å². The summed E-state index contributed by atoms with van der Waals surface area (Å²) in [6.45, 7) is 1.79. The normalized spacial score (nSPS) is 15.6. The van der Waals surface area contributed by atoms with Crippen molar-refractivity contribution in [1.82, 2.24) is 20.1 Å². The molecular weight excluding hydrogens is 268 g/mol. The Kier molecular flexibility index (Phi) is 5.14. The smallest absolute Gasteiger partial charge is 0.319 e. The second-order valence-corrected chi connectivity index (χ2v) is 5.52. The first-order chi connectivity index (χ1) is 10.1. The van der Waals surface area contributed by atoms with Crippen molar-refractivity contribution in [3.8, 4) is 0 Å². The molecule has 3 amide bonds. The number of piperidine rings is 1. The van der Waals surface area contributed by atoms with Crippen molar-refractivity contribution in [2.24, 2.45) is 5.92 Å². The van der Waals surface area contributed by atoms with E-state index in [2.05, 4.69) is 10.3 Å². The molecule has 0 radical (unpaired) electrons. The predicted molar refractivity (Wildman–Crippen MR) is 79.5 cm³/mol. The summed E-state index contributed by atoms with van der Waals surface area (Å²) in [5.74, 6) is 0.0590. The van der Waals surface area contributed by atoms with E-state index in [1.807, 2.05) is 12.1 Å². The van der Waals surface area contributed by atoms with E-state index in [1.54, 1.807) is 36.3 Å². The van der Waals surface area contributed by atoms with Crippen LogP contribution in [0.4, 0.5) is 4.79 Å². The summed E-state index contributed by atoms with van der Waals surface area (Å²) in [5, 5.41) is 2.94. The van der Waals surface area contributed by atoms with Gasteiger partial charge in [-0.2, -0.15) is 0 Å². The van der Waals surface area contributed by atoms with Gasteiger partial charge >= 0.3 is 6.03 Å². The highest BCUT2D eigenvalue weighted by Crippen LogP contribution is 2.18. The maximum atomic E-state index is 12.1. The maximum Gasteiger partial charge on any atom is 0.319 e. The molecule has 0 spiro atoms. The van der Waals surface area contributed by atoms with Crippen LogP contribution in [0.1, 0.15) is 18.4 Å². The Morgan fingerprint density at radius 1 is 1.38 bits per heavy atom. The van der Waals surface area contributed by atoms with Crippen LogP contribution in [0.15, 0.2) is 24.5 Å². The van der Waals surface area contributed by atoms with Crippen molar-refractivity contribution < 1.29 is 9.59 Å². The monoisotopic (exact) mass is 290 g/mol. The van der Waals surface area contributed by atoms with Crippen molar-refractivity contribution in [2.75, 3.05) is 27.2 Å². The molecule has 1 aliphatic rings. The zero-order chi connectivity index (χ0) is 15.2. The van der Waals surface area contributed by atoms with Crippen LogP contribution in [-0.2, 0) is 11.3 Å². The quantitative estimate of drug-likeness (QED) is 0.906. The number of amides is 3. The molecule has 1 fully saturated rings. The number of nitrogens with one attached hydrogen (secondary N) is 1. The standard InChI is InChI=1S/C15H22N4O2/c1-18(2)15(21)19-8-5-13(6-9-19)14(20)17-11-12-4-3-7-16-10-12/h3-4,7,10,13H,5-6,8-9,11H2,1-2H3,(H,17,20). The lowest BCUT2D eigenvalue weighted by Crippen LogP contribution is -2.46. The third-order valence-electron chi connectivity index (χ3n) is 3.71. The molecule has 0 unspecified atom stereocenters. The number of hydrogen-bond donors (Lipinski definition) is 1. The fraction of sp³-hybridized carbons (Fsp3) is 0.533. The molecule has 6 heteroatoms. The zero-order valence-corrected chi connectivity index (χ0v) is 12.6. The van der Waals surface area contributed by atoms with Gasteiger partial charge in [-0.3, -0.25) is 9.78 Å². The van der Waals surface area contributed by atoms with Crippen molar-refractivity contribution in [1.29, 1.82) is 0 Å². The minimum atomic E-state index is -0.00659. The molecule has 0 bridgehead atoms. The molecule has 1 aromatic rings. The first-order valence-corrected chi connectivity index (χ1v) is 7.21. The lowest BCUT2D eigenvalue weighted by molar-refractivity contribution is -0.126. The van der Waals surface area contributed by atoms with E-state index in [0.717, 1.165) is 18.4 Å². The number of aromatic nitrogens is 1. The van der Waals surface area contributed by atoms with E-state index < -0.39 is 0 Å². The van der Waals surface area contributed by atoms with Gasteiger partial charge in [0.15, 0.2) is 0 Å². The van der Waals surface area contributed by atoms with E-state index >= 15 is 0 Å². The number of pyridine rings is 1. The van der Waals surface area contributed by atoms with E-state index in [0.29, 0.717) is 19.6 Å². The fourth-order valence-electron chi connectivity index (χ4n) is 2.45. The highest BCUT2D eigenvalue weighted by Gasteiger charge is 2.27. The molecule has 1 aliphatic heterocycles. The van der Waals surface area contributed by atoms with Gasteiger partial charge in [0.05, 0.1) is 0 Å². The van der Waals surface area contributed by atoms with E-state index in [1.165, 1.54) is 0 Å².